The summed E-state index contributed by atoms with van der Waals surface area (Å²) in [5.74, 6) is -0.969. The van der Waals surface area contributed by atoms with Crippen molar-refractivity contribution in [2.45, 2.75) is 12.5 Å². The Bertz CT molecular complexity index is 325. The van der Waals surface area contributed by atoms with E-state index in [2.05, 4.69) is 0 Å². The lowest BCUT2D eigenvalue weighted by atomic mass is 10.1. The number of amides is 2. The zero-order chi connectivity index (χ0) is 15.0. The van der Waals surface area contributed by atoms with E-state index in [0.717, 1.165) is 0 Å². The number of urea groups is 1. The van der Waals surface area contributed by atoms with Crippen molar-refractivity contribution in [3.8, 4) is 0 Å². The Labute approximate surface area is 117 Å². The summed E-state index contributed by atoms with van der Waals surface area (Å²) in [5.41, 5.74) is 0. The molecule has 0 aromatic rings. The number of carboxylic acid groups (broad SMARTS) is 1. The molecule has 20 heavy (non-hydrogen) atoms. The molecule has 1 atom stereocenters. The van der Waals surface area contributed by atoms with Crippen LogP contribution >= 0.6 is 0 Å². The van der Waals surface area contributed by atoms with E-state index in [1.165, 1.54) is 16.9 Å². The number of rotatable bonds is 7. The minimum Gasteiger partial charge on any atom is -0.481 e. The summed E-state index contributed by atoms with van der Waals surface area (Å²) in [6.07, 6.45) is -0.150. The summed E-state index contributed by atoms with van der Waals surface area (Å²) in [6, 6.07) is -0.761. The summed E-state index contributed by atoms with van der Waals surface area (Å²) >= 11 is 0. The van der Waals surface area contributed by atoms with Crippen molar-refractivity contribution in [1.29, 1.82) is 0 Å². The molecule has 8 nitrogen and oxygen atoms in total. The van der Waals surface area contributed by atoms with Crippen LogP contribution < -0.4 is 0 Å². The zero-order valence-electron chi connectivity index (χ0n) is 11.7. The molecule has 2 N–H and O–H groups in total. The molecule has 1 rings (SSSR count). The molecule has 0 radical (unpaired) electrons. The van der Waals surface area contributed by atoms with Crippen LogP contribution in [0.25, 0.3) is 0 Å². The van der Waals surface area contributed by atoms with Crippen molar-refractivity contribution in [3.63, 3.8) is 0 Å². The summed E-state index contributed by atoms with van der Waals surface area (Å²) in [5, 5.41) is 17.9. The molecule has 0 aliphatic carbocycles. The Morgan fingerprint density at radius 1 is 1.45 bits per heavy atom. The fraction of sp³-hybridized carbons (Fsp3) is 0.833. The predicted octanol–water partition coefficient (Wildman–Crippen LogP) is -0.777. The van der Waals surface area contributed by atoms with Gasteiger partial charge in [0.15, 0.2) is 0 Å². The molecule has 2 amide bonds. The number of hydrogen-bond donors (Lipinski definition) is 2. The molecule has 0 aromatic heterocycles. The number of nitrogens with zero attached hydrogens (tertiary/aromatic N) is 2. The highest BCUT2D eigenvalue weighted by molar-refractivity contribution is 5.76. The second-order valence-electron chi connectivity index (χ2n) is 4.51. The van der Waals surface area contributed by atoms with Crippen molar-refractivity contribution in [2.75, 3.05) is 53.2 Å². The number of carbonyl (C=O) groups is 2. The Morgan fingerprint density at radius 3 is 2.80 bits per heavy atom. The number of carbonyl (C=O) groups excluding carboxylic acids is 1. The van der Waals surface area contributed by atoms with Gasteiger partial charge in [0.05, 0.1) is 38.9 Å². The lowest BCUT2D eigenvalue weighted by Gasteiger charge is -2.38. The van der Waals surface area contributed by atoms with Gasteiger partial charge in [0.2, 0.25) is 0 Å². The van der Waals surface area contributed by atoms with E-state index in [0.29, 0.717) is 26.3 Å². The number of hydrogen-bond acceptors (Lipinski definition) is 5. The quantitative estimate of drug-likeness (QED) is 0.638. The monoisotopic (exact) mass is 290 g/mol. The van der Waals surface area contributed by atoms with Gasteiger partial charge in [0.1, 0.15) is 0 Å². The Hall–Kier alpha value is -1.38. The summed E-state index contributed by atoms with van der Waals surface area (Å²) < 4.78 is 10.2. The van der Waals surface area contributed by atoms with Crippen LogP contribution in [-0.4, -0.2) is 91.2 Å². The minimum absolute atomic E-state index is 0.149. The van der Waals surface area contributed by atoms with Gasteiger partial charge in [0.25, 0.3) is 0 Å². The smallest absolute Gasteiger partial charge is 0.320 e. The first-order valence-corrected chi connectivity index (χ1v) is 6.55. The number of aliphatic carboxylic acids is 1. The number of methoxy groups -OCH3 is 1. The SMILES string of the molecule is COCCN(CCO)C(=O)N1CCOCC1CC(=O)O. The average Bonchev–Trinajstić information content (AvgIpc) is 2.42. The van der Waals surface area contributed by atoms with Crippen LogP contribution in [0.2, 0.25) is 0 Å². The highest BCUT2D eigenvalue weighted by atomic mass is 16.5. The van der Waals surface area contributed by atoms with Crippen LogP contribution in [0.5, 0.6) is 0 Å². The highest BCUT2D eigenvalue weighted by Gasteiger charge is 2.31. The van der Waals surface area contributed by atoms with Crippen molar-refractivity contribution in [3.05, 3.63) is 0 Å². The first kappa shape index (κ1) is 16.7. The van der Waals surface area contributed by atoms with Gasteiger partial charge in [-0.3, -0.25) is 4.79 Å². The molecule has 0 saturated carbocycles. The topological polar surface area (TPSA) is 99.5 Å². The van der Waals surface area contributed by atoms with E-state index >= 15 is 0 Å². The summed E-state index contributed by atoms with van der Waals surface area (Å²) in [7, 11) is 1.53. The van der Waals surface area contributed by atoms with E-state index in [-0.39, 0.29) is 32.2 Å². The molecule has 1 fully saturated rings. The van der Waals surface area contributed by atoms with Gasteiger partial charge >= 0.3 is 12.0 Å². The number of carboxylic acids is 1. The van der Waals surface area contributed by atoms with E-state index in [4.69, 9.17) is 19.7 Å². The first-order chi connectivity index (χ1) is 9.60. The normalized spacial score (nSPS) is 18.9. The fourth-order valence-electron chi connectivity index (χ4n) is 2.08. The van der Waals surface area contributed by atoms with Crippen LogP contribution in [0.15, 0.2) is 0 Å². The van der Waals surface area contributed by atoms with Crippen molar-refractivity contribution in [1.82, 2.24) is 9.80 Å². The van der Waals surface area contributed by atoms with Gasteiger partial charge in [-0.25, -0.2) is 4.79 Å². The number of aliphatic hydroxyl groups excluding tert-OH is 1. The molecule has 116 valence electrons. The summed E-state index contributed by atoms with van der Waals surface area (Å²) in [4.78, 5) is 26.2. The number of aliphatic hydroxyl groups is 1. The predicted molar refractivity (Wildman–Crippen MR) is 69.5 cm³/mol. The molecule has 1 aliphatic rings. The third-order valence-electron chi connectivity index (χ3n) is 3.09. The third kappa shape index (κ3) is 4.95. The van der Waals surface area contributed by atoms with Crippen LogP contribution in [0.1, 0.15) is 6.42 Å². The Balaban J connectivity index is 2.69. The van der Waals surface area contributed by atoms with Gasteiger partial charge in [-0.2, -0.15) is 0 Å². The van der Waals surface area contributed by atoms with Crippen molar-refractivity contribution < 1.29 is 29.3 Å². The molecular formula is C12H22N2O6. The average molecular weight is 290 g/mol. The fourth-order valence-corrected chi connectivity index (χ4v) is 2.08. The maximum atomic E-state index is 12.4. The lowest BCUT2D eigenvalue weighted by Crippen LogP contribution is -2.55. The van der Waals surface area contributed by atoms with E-state index in [1.807, 2.05) is 0 Å². The minimum atomic E-state index is -0.969. The number of morpholine rings is 1. The molecule has 1 unspecified atom stereocenters. The summed E-state index contributed by atoms with van der Waals surface area (Å²) in [6.45, 7) is 1.72. The molecule has 0 bridgehead atoms. The largest absolute Gasteiger partial charge is 0.481 e. The van der Waals surface area contributed by atoms with Gasteiger partial charge in [-0.05, 0) is 0 Å². The highest BCUT2D eigenvalue weighted by Crippen LogP contribution is 2.13. The number of ether oxygens (including phenoxy) is 2. The lowest BCUT2D eigenvalue weighted by molar-refractivity contribution is -0.139. The van der Waals surface area contributed by atoms with E-state index in [1.54, 1.807) is 0 Å². The Kier molecular flexibility index (Phi) is 7.27. The molecule has 1 saturated heterocycles. The van der Waals surface area contributed by atoms with Gasteiger partial charge in [-0.15, -0.1) is 0 Å². The second kappa shape index (κ2) is 8.72. The molecule has 1 aliphatic heterocycles. The van der Waals surface area contributed by atoms with Gasteiger partial charge < -0.3 is 29.5 Å². The molecule has 8 heteroatoms. The van der Waals surface area contributed by atoms with Crippen LogP contribution in [-0.2, 0) is 14.3 Å². The van der Waals surface area contributed by atoms with E-state index < -0.39 is 12.0 Å². The van der Waals surface area contributed by atoms with Crippen molar-refractivity contribution >= 4 is 12.0 Å². The maximum Gasteiger partial charge on any atom is 0.320 e. The van der Waals surface area contributed by atoms with Crippen molar-refractivity contribution in [2.24, 2.45) is 0 Å². The second-order valence-corrected chi connectivity index (χ2v) is 4.51. The van der Waals surface area contributed by atoms with Gasteiger partial charge in [0, 0.05) is 26.7 Å². The van der Waals surface area contributed by atoms with Crippen LogP contribution in [0.3, 0.4) is 0 Å². The molecule has 1 heterocycles. The van der Waals surface area contributed by atoms with Crippen LogP contribution in [0.4, 0.5) is 4.79 Å². The standard InChI is InChI=1S/C12H22N2O6/c1-19-6-3-13(2-5-15)12(18)14-4-7-20-9-10(14)8-11(16)17/h10,15H,2-9H2,1H3,(H,16,17). The Morgan fingerprint density at radius 2 is 2.20 bits per heavy atom. The molecule has 0 spiro atoms. The molecular weight excluding hydrogens is 268 g/mol. The van der Waals surface area contributed by atoms with E-state index in [9.17, 15) is 9.59 Å². The third-order valence-corrected chi connectivity index (χ3v) is 3.09. The zero-order valence-corrected chi connectivity index (χ0v) is 11.7. The maximum absolute atomic E-state index is 12.4. The first-order valence-electron chi connectivity index (χ1n) is 6.55. The van der Waals surface area contributed by atoms with Crippen LogP contribution in [0, 0.1) is 0 Å². The molecule has 0 aromatic carbocycles. The van der Waals surface area contributed by atoms with Gasteiger partial charge in [-0.1, -0.05) is 0 Å².